The summed E-state index contributed by atoms with van der Waals surface area (Å²) < 4.78 is 24.6. The number of amides is 1. The van der Waals surface area contributed by atoms with Crippen molar-refractivity contribution in [1.82, 2.24) is 15.0 Å². The maximum Gasteiger partial charge on any atom is 0.257 e. The molecule has 110 valence electrons. The van der Waals surface area contributed by atoms with Crippen LogP contribution in [0.25, 0.3) is 0 Å². The number of carbonyl (C=O) groups excluding carboxylic acids is 1. The first kappa shape index (κ1) is 14.2. The predicted octanol–water partition coefficient (Wildman–Crippen LogP) is 2.18. The zero-order valence-electron chi connectivity index (χ0n) is 10.8. The average Bonchev–Trinajstić information content (AvgIpc) is 3.01. The molecule has 1 aromatic heterocycles. The largest absolute Gasteiger partial charge is 0.377 e. The molecule has 0 aliphatic carbocycles. The van der Waals surface area contributed by atoms with Gasteiger partial charge in [0.2, 0.25) is 6.39 Å². The van der Waals surface area contributed by atoms with E-state index < -0.39 is 17.8 Å². The third kappa shape index (κ3) is 2.81. The number of halogens is 2. The quantitative estimate of drug-likeness (QED) is 0.825. The van der Waals surface area contributed by atoms with E-state index in [9.17, 15) is 9.18 Å². The topological polar surface area (TPSA) is 68.5 Å². The fraction of sp³-hybridized carbons (Fsp3) is 0.308. The molecule has 8 heteroatoms. The molecule has 6 nitrogen and oxygen atoms in total. The van der Waals surface area contributed by atoms with E-state index in [4.69, 9.17) is 9.26 Å². The van der Waals surface area contributed by atoms with Gasteiger partial charge in [-0.1, -0.05) is 21.1 Å². The summed E-state index contributed by atoms with van der Waals surface area (Å²) in [7, 11) is 0. The molecule has 2 heterocycles. The Morgan fingerprint density at radius 3 is 3.05 bits per heavy atom. The maximum absolute atomic E-state index is 14.0. The lowest BCUT2D eigenvalue weighted by Gasteiger charge is -2.33. The van der Waals surface area contributed by atoms with Crippen molar-refractivity contribution in [1.29, 1.82) is 0 Å². The molecule has 1 amide bonds. The summed E-state index contributed by atoms with van der Waals surface area (Å²) in [5.74, 6) is -0.647. The first-order valence-corrected chi connectivity index (χ1v) is 7.06. The highest BCUT2D eigenvalue weighted by molar-refractivity contribution is 9.10. The number of carbonyl (C=O) groups is 1. The van der Waals surface area contributed by atoms with Crippen molar-refractivity contribution in [3.8, 4) is 0 Å². The molecule has 21 heavy (non-hydrogen) atoms. The summed E-state index contributed by atoms with van der Waals surface area (Å²) in [6.45, 7) is 0.981. The van der Waals surface area contributed by atoms with Crippen LogP contribution in [0, 0.1) is 5.82 Å². The Morgan fingerprint density at radius 2 is 2.33 bits per heavy atom. The Kier molecular flexibility index (Phi) is 3.98. The number of benzene rings is 1. The third-order valence-electron chi connectivity index (χ3n) is 3.23. The number of hydrogen-bond acceptors (Lipinski definition) is 5. The summed E-state index contributed by atoms with van der Waals surface area (Å²) in [6, 6.07) is 3.86. The van der Waals surface area contributed by atoms with E-state index in [1.54, 1.807) is 6.07 Å². The maximum atomic E-state index is 14.0. The van der Waals surface area contributed by atoms with Crippen molar-refractivity contribution >= 4 is 21.8 Å². The smallest absolute Gasteiger partial charge is 0.257 e. The molecule has 0 unspecified atom stereocenters. The van der Waals surface area contributed by atoms with E-state index in [1.807, 2.05) is 0 Å². The van der Waals surface area contributed by atoms with Crippen molar-refractivity contribution in [2.24, 2.45) is 0 Å². The van der Waals surface area contributed by atoms with Gasteiger partial charge in [0.05, 0.1) is 18.8 Å². The lowest BCUT2D eigenvalue weighted by Crippen LogP contribution is -2.44. The van der Waals surface area contributed by atoms with Gasteiger partial charge in [0.25, 0.3) is 5.91 Å². The fourth-order valence-electron chi connectivity index (χ4n) is 2.20. The number of aromatic nitrogens is 2. The van der Waals surface area contributed by atoms with Crippen LogP contribution in [0.15, 0.2) is 33.6 Å². The standard InChI is InChI=1S/C13H11BrFN3O3/c14-8-1-2-9(10(15)5-8)13(19)18-3-4-20-6-11(18)12-16-7-21-17-12/h1-2,5,7,11H,3-4,6H2/t11-/m1/s1. The minimum absolute atomic E-state index is 0.00796. The second kappa shape index (κ2) is 5.90. The molecular formula is C13H11BrFN3O3. The Bertz CT molecular complexity index is 650. The van der Waals surface area contributed by atoms with Crippen LogP contribution in [0.1, 0.15) is 22.2 Å². The van der Waals surface area contributed by atoms with Crippen LogP contribution in [-0.2, 0) is 4.74 Å². The number of ether oxygens (including phenoxy) is 1. The fourth-order valence-corrected chi connectivity index (χ4v) is 2.54. The molecule has 0 saturated carbocycles. The molecule has 1 aromatic carbocycles. The monoisotopic (exact) mass is 355 g/mol. The molecule has 1 atom stereocenters. The lowest BCUT2D eigenvalue weighted by atomic mass is 10.1. The minimum Gasteiger partial charge on any atom is -0.377 e. The van der Waals surface area contributed by atoms with Crippen molar-refractivity contribution in [3.05, 3.63) is 46.3 Å². The minimum atomic E-state index is -0.576. The zero-order valence-corrected chi connectivity index (χ0v) is 12.4. The van der Waals surface area contributed by atoms with Gasteiger partial charge in [0, 0.05) is 11.0 Å². The average molecular weight is 356 g/mol. The van der Waals surface area contributed by atoms with Gasteiger partial charge in [0.15, 0.2) is 5.82 Å². The van der Waals surface area contributed by atoms with Gasteiger partial charge in [-0.2, -0.15) is 4.98 Å². The highest BCUT2D eigenvalue weighted by Gasteiger charge is 2.33. The molecule has 1 aliphatic heterocycles. The number of morpholine rings is 1. The summed E-state index contributed by atoms with van der Waals surface area (Å²) in [5, 5.41) is 3.74. The summed E-state index contributed by atoms with van der Waals surface area (Å²) in [5.41, 5.74) is 0.00796. The van der Waals surface area contributed by atoms with Crippen LogP contribution in [0.3, 0.4) is 0 Å². The third-order valence-corrected chi connectivity index (χ3v) is 3.72. The van der Waals surface area contributed by atoms with Crippen molar-refractivity contribution in [3.63, 3.8) is 0 Å². The summed E-state index contributed by atoms with van der Waals surface area (Å²) in [6.07, 6.45) is 1.19. The summed E-state index contributed by atoms with van der Waals surface area (Å²) >= 11 is 3.17. The van der Waals surface area contributed by atoms with Gasteiger partial charge >= 0.3 is 0 Å². The van der Waals surface area contributed by atoms with E-state index in [-0.39, 0.29) is 12.2 Å². The van der Waals surface area contributed by atoms with Gasteiger partial charge in [0.1, 0.15) is 11.9 Å². The highest BCUT2D eigenvalue weighted by Crippen LogP contribution is 2.25. The molecule has 0 spiro atoms. The van der Waals surface area contributed by atoms with Crippen molar-refractivity contribution in [2.75, 3.05) is 19.8 Å². The van der Waals surface area contributed by atoms with Crippen LogP contribution in [0.2, 0.25) is 0 Å². The first-order chi connectivity index (χ1) is 10.2. The Labute approximate surface area is 128 Å². The van der Waals surface area contributed by atoms with Crippen LogP contribution < -0.4 is 0 Å². The summed E-state index contributed by atoms with van der Waals surface area (Å²) in [4.78, 5) is 18.0. The van der Waals surface area contributed by atoms with Gasteiger partial charge < -0.3 is 14.2 Å². The van der Waals surface area contributed by atoms with Gasteiger partial charge in [-0.3, -0.25) is 4.79 Å². The van der Waals surface area contributed by atoms with Crippen LogP contribution in [0.4, 0.5) is 4.39 Å². The van der Waals surface area contributed by atoms with Gasteiger partial charge in [-0.15, -0.1) is 0 Å². The zero-order chi connectivity index (χ0) is 14.8. The molecule has 0 N–H and O–H groups in total. The lowest BCUT2D eigenvalue weighted by molar-refractivity contribution is -0.00600. The van der Waals surface area contributed by atoms with E-state index in [0.717, 1.165) is 0 Å². The van der Waals surface area contributed by atoms with E-state index in [1.165, 1.54) is 23.4 Å². The Hall–Kier alpha value is -1.80. The first-order valence-electron chi connectivity index (χ1n) is 6.27. The number of rotatable bonds is 2. The normalized spacial score (nSPS) is 18.8. The second-order valence-corrected chi connectivity index (χ2v) is 5.42. The Morgan fingerprint density at radius 1 is 1.48 bits per heavy atom. The molecule has 0 radical (unpaired) electrons. The molecule has 1 fully saturated rings. The van der Waals surface area contributed by atoms with E-state index >= 15 is 0 Å². The van der Waals surface area contributed by atoms with Crippen LogP contribution in [-0.4, -0.2) is 40.7 Å². The van der Waals surface area contributed by atoms with Crippen LogP contribution in [0.5, 0.6) is 0 Å². The van der Waals surface area contributed by atoms with Crippen molar-refractivity contribution < 1.29 is 18.4 Å². The number of nitrogens with zero attached hydrogens (tertiary/aromatic N) is 3. The van der Waals surface area contributed by atoms with Crippen molar-refractivity contribution in [2.45, 2.75) is 6.04 Å². The van der Waals surface area contributed by atoms with E-state index in [2.05, 4.69) is 26.1 Å². The molecule has 1 saturated heterocycles. The second-order valence-electron chi connectivity index (χ2n) is 4.50. The Balaban J connectivity index is 1.91. The highest BCUT2D eigenvalue weighted by atomic mass is 79.9. The van der Waals surface area contributed by atoms with Gasteiger partial charge in [-0.05, 0) is 18.2 Å². The molecule has 2 aromatic rings. The predicted molar refractivity (Wildman–Crippen MR) is 73.0 cm³/mol. The van der Waals surface area contributed by atoms with E-state index in [0.29, 0.717) is 23.4 Å². The van der Waals surface area contributed by atoms with Crippen LogP contribution >= 0.6 is 15.9 Å². The number of hydrogen-bond donors (Lipinski definition) is 0. The SMILES string of the molecule is O=C(c1ccc(Br)cc1F)N1CCOC[C@@H]1c1ncon1. The molecule has 0 bridgehead atoms. The molecular weight excluding hydrogens is 345 g/mol. The van der Waals surface area contributed by atoms with Gasteiger partial charge in [-0.25, -0.2) is 4.39 Å². The molecule has 3 rings (SSSR count). The molecule has 1 aliphatic rings.